The first kappa shape index (κ1) is 7.33. The molecule has 0 N–H and O–H groups in total. The minimum absolute atomic E-state index is 0.378. The zero-order valence-electron chi connectivity index (χ0n) is 7.18. The molecule has 0 bridgehead atoms. The van der Waals surface area contributed by atoms with Crippen LogP contribution in [0.2, 0.25) is 0 Å². The first-order valence-corrected chi connectivity index (χ1v) is 4.83. The summed E-state index contributed by atoms with van der Waals surface area (Å²) in [5.74, 6) is 2.18. The molecule has 2 aliphatic carbocycles. The first-order valence-electron chi connectivity index (χ1n) is 4.83. The Hall–Kier alpha value is -0.330. The fourth-order valence-electron chi connectivity index (χ4n) is 2.80. The lowest BCUT2D eigenvalue weighted by molar-refractivity contribution is -0.124. The summed E-state index contributed by atoms with van der Waals surface area (Å²) in [5, 5.41) is 0. The maximum atomic E-state index is 11.5. The van der Waals surface area contributed by atoms with E-state index >= 15 is 0 Å². The number of ketones is 1. The van der Waals surface area contributed by atoms with Gasteiger partial charge in [-0.15, -0.1) is 0 Å². The van der Waals surface area contributed by atoms with Crippen LogP contribution in [0, 0.1) is 17.8 Å². The Morgan fingerprint density at radius 3 is 2.73 bits per heavy atom. The second-order valence-electron chi connectivity index (χ2n) is 4.19. The smallest absolute Gasteiger partial charge is 0.139 e. The molecule has 0 aromatic rings. The second kappa shape index (κ2) is 2.62. The van der Waals surface area contributed by atoms with Gasteiger partial charge in [0.15, 0.2) is 0 Å². The van der Waals surface area contributed by atoms with Crippen LogP contribution in [-0.2, 0) is 4.79 Å². The van der Waals surface area contributed by atoms with Gasteiger partial charge in [-0.2, -0.15) is 0 Å². The molecule has 2 aliphatic rings. The third kappa shape index (κ3) is 1.11. The molecule has 2 rings (SSSR count). The van der Waals surface area contributed by atoms with Gasteiger partial charge in [0.1, 0.15) is 5.78 Å². The second-order valence-corrected chi connectivity index (χ2v) is 4.19. The van der Waals surface area contributed by atoms with E-state index in [1.54, 1.807) is 0 Å². The standard InChI is InChI=1S/C10H16O/c1-7-6-8-4-2-3-5-9(8)10(7)11/h7-9H,2-6H2,1H3/t7?,8-,9-/m1/s1. The molecule has 0 aromatic carbocycles. The summed E-state index contributed by atoms with van der Waals surface area (Å²) in [5.41, 5.74) is 0. The molecule has 3 atom stereocenters. The van der Waals surface area contributed by atoms with Gasteiger partial charge in [0, 0.05) is 11.8 Å². The predicted molar refractivity (Wildman–Crippen MR) is 44.2 cm³/mol. The highest BCUT2D eigenvalue weighted by molar-refractivity contribution is 5.85. The van der Waals surface area contributed by atoms with Crippen molar-refractivity contribution in [1.29, 1.82) is 0 Å². The van der Waals surface area contributed by atoms with Gasteiger partial charge in [-0.05, 0) is 25.2 Å². The summed E-state index contributed by atoms with van der Waals surface area (Å²) in [4.78, 5) is 11.5. The highest BCUT2D eigenvalue weighted by atomic mass is 16.1. The quantitative estimate of drug-likeness (QED) is 0.521. The van der Waals surface area contributed by atoms with Crippen molar-refractivity contribution in [2.45, 2.75) is 39.0 Å². The average Bonchev–Trinajstić information content (AvgIpc) is 2.30. The predicted octanol–water partition coefficient (Wildman–Crippen LogP) is 2.40. The Morgan fingerprint density at radius 2 is 2.00 bits per heavy atom. The van der Waals surface area contributed by atoms with E-state index in [4.69, 9.17) is 0 Å². The van der Waals surface area contributed by atoms with E-state index < -0.39 is 0 Å². The zero-order chi connectivity index (χ0) is 7.84. The van der Waals surface area contributed by atoms with E-state index in [2.05, 4.69) is 6.92 Å². The van der Waals surface area contributed by atoms with Gasteiger partial charge in [-0.25, -0.2) is 0 Å². The summed E-state index contributed by atoms with van der Waals surface area (Å²) < 4.78 is 0. The molecule has 11 heavy (non-hydrogen) atoms. The van der Waals surface area contributed by atoms with Gasteiger partial charge in [-0.3, -0.25) is 4.79 Å². The third-order valence-corrected chi connectivity index (χ3v) is 3.42. The largest absolute Gasteiger partial charge is 0.299 e. The van der Waals surface area contributed by atoms with Crippen LogP contribution in [0.1, 0.15) is 39.0 Å². The highest BCUT2D eigenvalue weighted by Gasteiger charge is 2.40. The highest BCUT2D eigenvalue weighted by Crippen LogP contribution is 2.42. The number of hydrogen-bond acceptors (Lipinski definition) is 1. The summed E-state index contributed by atoms with van der Waals surface area (Å²) in [7, 11) is 0. The van der Waals surface area contributed by atoms with Crippen molar-refractivity contribution in [1.82, 2.24) is 0 Å². The molecular formula is C10H16O. The molecule has 0 aliphatic heterocycles. The Labute approximate surface area is 68.2 Å². The Balaban J connectivity index is 2.11. The summed E-state index contributed by atoms with van der Waals surface area (Å²) in [6.07, 6.45) is 6.35. The van der Waals surface area contributed by atoms with Gasteiger partial charge >= 0.3 is 0 Å². The number of carbonyl (C=O) groups is 1. The van der Waals surface area contributed by atoms with Crippen molar-refractivity contribution in [3.8, 4) is 0 Å². The van der Waals surface area contributed by atoms with Crippen molar-refractivity contribution < 1.29 is 4.79 Å². The molecule has 0 amide bonds. The molecule has 62 valence electrons. The average molecular weight is 152 g/mol. The molecule has 0 aromatic heterocycles. The van der Waals surface area contributed by atoms with E-state index in [-0.39, 0.29) is 0 Å². The number of Topliss-reactive ketones (excluding diaryl/α,β-unsaturated/α-hetero) is 1. The maximum Gasteiger partial charge on any atom is 0.139 e. The summed E-state index contributed by atoms with van der Waals surface area (Å²) in [6.45, 7) is 2.10. The van der Waals surface area contributed by atoms with Crippen LogP contribution in [0.3, 0.4) is 0 Å². The molecule has 0 spiro atoms. The van der Waals surface area contributed by atoms with E-state index in [0.717, 1.165) is 5.92 Å². The molecule has 1 unspecified atom stereocenters. The first-order chi connectivity index (χ1) is 5.29. The van der Waals surface area contributed by atoms with E-state index in [9.17, 15) is 4.79 Å². The van der Waals surface area contributed by atoms with Gasteiger partial charge in [0.2, 0.25) is 0 Å². The minimum Gasteiger partial charge on any atom is -0.299 e. The van der Waals surface area contributed by atoms with Crippen molar-refractivity contribution in [3.63, 3.8) is 0 Å². The van der Waals surface area contributed by atoms with Crippen LogP contribution in [-0.4, -0.2) is 5.78 Å². The van der Waals surface area contributed by atoms with E-state index in [0.29, 0.717) is 17.6 Å². The molecule has 1 nitrogen and oxygen atoms in total. The van der Waals surface area contributed by atoms with Crippen LogP contribution in [0.5, 0.6) is 0 Å². The number of rotatable bonds is 0. The Kier molecular flexibility index (Phi) is 1.74. The van der Waals surface area contributed by atoms with E-state index in [1.807, 2.05) is 0 Å². The lowest BCUT2D eigenvalue weighted by Crippen LogP contribution is -2.19. The molecule has 2 saturated carbocycles. The summed E-state index contributed by atoms with van der Waals surface area (Å²) in [6, 6.07) is 0. The fraction of sp³-hybridized carbons (Fsp3) is 0.900. The lowest BCUT2D eigenvalue weighted by atomic mass is 9.81. The van der Waals surface area contributed by atoms with Crippen LogP contribution < -0.4 is 0 Å². The minimum atomic E-state index is 0.378. The van der Waals surface area contributed by atoms with Gasteiger partial charge in [0.25, 0.3) is 0 Å². The van der Waals surface area contributed by atoms with Crippen molar-refractivity contribution in [2.75, 3.05) is 0 Å². The van der Waals surface area contributed by atoms with E-state index in [1.165, 1.54) is 32.1 Å². The van der Waals surface area contributed by atoms with Gasteiger partial charge in [0.05, 0.1) is 0 Å². The zero-order valence-corrected chi connectivity index (χ0v) is 7.18. The lowest BCUT2D eigenvalue weighted by Gasteiger charge is -2.22. The third-order valence-electron chi connectivity index (χ3n) is 3.42. The molecule has 1 heteroatoms. The van der Waals surface area contributed by atoms with Gasteiger partial charge < -0.3 is 0 Å². The van der Waals surface area contributed by atoms with Crippen molar-refractivity contribution >= 4 is 5.78 Å². The number of fused-ring (bicyclic) bond motifs is 1. The van der Waals surface area contributed by atoms with Gasteiger partial charge in [-0.1, -0.05) is 19.8 Å². The van der Waals surface area contributed by atoms with Crippen LogP contribution in [0.15, 0.2) is 0 Å². The van der Waals surface area contributed by atoms with Crippen LogP contribution >= 0.6 is 0 Å². The Bertz CT molecular complexity index is 174. The summed E-state index contributed by atoms with van der Waals surface area (Å²) >= 11 is 0. The molecule has 0 saturated heterocycles. The SMILES string of the molecule is CC1C[C@H]2CCCC[C@H]2C1=O. The number of hydrogen-bond donors (Lipinski definition) is 0. The van der Waals surface area contributed by atoms with Crippen molar-refractivity contribution in [2.24, 2.45) is 17.8 Å². The molecule has 0 radical (unpaired) electrons. The molecular weight excluding hydrogens is 136 g/mol. The molecule has 0 heterocycles. The van der Waals surface area contributed by atoms with Crippen molar-refractivity contribution in [3.05, 3.63) is 0 Å². The Morgan fingerprint density at radius 1 is 1.27 bits per heavy atom. The van der Waals surface area contributed by atoms with Crippen LogP contribution in [0.4, 0.5) is 0 Å². The number of carbonyl (C=O) groups excluding carboxylic acids is 1. The fourth-order valence-corrected chi connectivity index (χ4v) is 2.80. The monoisotopic (exact) mass is 152 g/mol. The maximum absolute atomic E-state index is 11.5. The van der Waals surface area contributed by atoms with Crippen LogP contribution in [0.25, 0.3) is 0 Å². The molecule has 2 fully saturated rings. The normalized spacial score (nSPS) is 44.1. The topological polar surface area (TPSA) is 17.1 Å².